The molecule has 4 aromatic rings. The van der Waals surface area contributed by atoms with Crippen molar-refractivity contribution in [1.29, 1.82) is 0 Å². The summed E-state index contributed by atoms with van der Waals surface area (Å²) in [5.41, 5.74) is 6.23. The molecule has 0 bridgehead atoms. The van der Waals surface area contributed by atoms with Crippen LogP contribution in [-0.2, 0) is 79.8 Å². The number of hydrogen-bond donors (Lipinski definition) is 3. The largest absolute Gasteiger partial charge is 0.476 e. The first-order chi connectivity index (χ1) is 42.0. The zero-order valence-corrected chi connectivity index (χ0v) is 55.8. The van der Waals surface area contributed by atoms with Gasteiger partial charge in [0.25, 0.3) is 17.0 Å². The van der Waals surface area contributed by atoms with Crippen molar-refractivity contribution < 1.29 is 90.9 Å². The van der Waals surface area contributed by atoms with Crippen molar-refractivity contribution in [2.75, 3.05) is 53.5 Å². The predicted octanol–water partition coefficient (Wildman–Crippen LogP) is 5.26. The number of aromatic carboxylic acids is 1. The fraction of sp³-hybridized carbons (Fsp3) is 0.581. The molecule has 0 unspecified atom stereocenters. The molecule has 0 radical (unpaired) electrons. The van der Waals surface area contributed by atoms with Crippen LogP contribution in [0.1, 0.15) is 140 Å². The SMILES string of the molecule is CC(=O)OC[C@@H](OC(C)=O)[C@@H](C)[C@H](Cn1c(=O)c(C(=O)NCCN(C)C(=O)OC(C)(C)C)nc2cc(C)c(C)cc21)OC(C)=O.CC(=O)OC[C@@H](OC(C)=O)[C@@H](C)[C@H](Cn1c(=O)c(C(=O)O)nc2cc(C)c(C)cc21)OC(C)=O.CN(CCN)C(=O)OC(C)(C)C. The number of nitrogens with two attached hydrogens (primary N) is 1. The number of aromatic nitrogens is 4. The van der Waals surface area contributed by atoms with Crippen LogP contribution in [-0.4, -0.2) is 183 Å². The van der Waals surface area contributed by atoms with E-state index >= 15 is 0 Å². The second-order valence-corrected chi connectivity index (χ2v) is 23.7. The van der Waals surface area contributed by atoms with E-state index in [0.29, 0.717) is 29.6 Å². The molecule has 2 heterocycles. The molecule has 91 heavy (non-hydrogen) atoms. The Labute approximate surface area is 528 Å². The Balaban J connectivity index is 0.000000538. The summed E-state index contributed by atoms with van der Waals surface area (Å²) in [6.45, 7) is 28.5. The van der Waals surface area contributed by atoms with E-state index in [4.69, 9.17) is 43.6 Å². The van der Waals surface area contributed by atoms with Gasteiger partial charge in [-0.1, -0.05) is 13.8 Å². The highest BCUT2D eigenvalue weighted by atomic mass is 16.6. The Bertz CT molecular complexity index is 3420. The van der Waals surface area contributed by atoms with Crippen molar-refractivity contribution in [1.82, 2.24) is 34.2 Å². The van der Waals surface area contributed by atoms with Gasteiger partial charge in [0.15, 0.2) is 5.69 Å². The lowest BCUT2D eigenvalue weighted by Gasteiger charge is -2.30. The number of carboxylic acids is 1. The van der Waals surface area contributed by atoms with Gasteiger partial charge in [0, 0.05) is 93.7 Å². The van der Waals surface area contributed by atoms with Gasteiger partial charge in [-0.15, -0.1) is 0 Å². The number of nitrogens with one attached hydrogen (secondary N) is 1. The maximum absolute atomic E-state index is 13.8. The number of esters is 6. The number of carbonyl (C=O) groups is 10. The number of hydrogen-bond acceptors (Lipinski definition) is 23. The smallest absolute Gasteiger partial charge is 0.410 e. The monoisotopic (exact) mass is 1280 g/mol. The Morgan fingerprint density at radius 1 is 0.538 bits per heavy atom. The maximum atomic E-state index is 13.8. The maximum Gasteiger partial charge on any atom is 0.410 e. The van der Waals surface area contributed by atoms with Crippen LogP contribution in [0, 0.1) is 39.5 Å². The van der Waals surface area contributed by atoms with Crippen molar-refractivity contribution in [2.45, 2.75) is 173 Å². The van der Waals surface area contributed by atoms with Crippen LogP contribution in [0.5, 0.6) is 0 Å². The quantitative estimate of drug-likeness (QED) is 0.0629. The molecule has 6 atom stereocenters. The van der Waals surface area contributed by atoms with Crippen molar-refractivity contribution in [3.63, 3.8) is 0 Å². The number of carbonyl (C=O) groups excluding carboxylic acids is 9. The van der Waals surface area contributed by atoms with Crippen LogP contribution in [0.15, 0.2) is 33.9 Å². The number of rotatable bonds is 23. The van der Waals surface area contributed by atoms with E-state index in [1.165, 1.54) is 67.5 Å². The average molecular weight is 1280 g/mol. The van der Waals surface area contributed by atoms with Crippen LogP contribution < -0.4 is 22.2 Å². The Hall–Kier alpha value is -9.02. The molecule has 0 aliphatic rings. The topological polar surface area (TPSA) is 379 Å². The number of amides is 3. The molecule has 2 aromatic heterocycles. The lowest BCUT2D eigenvalue weighted by atomic mass is 9.97. The minimum atomic E-state index is -1.50. The molecule has 2 aromatic carbocycles. The van der Waals surface area contributed by atoms with Crippen LogP contribution >= 0.6 is 0 Å². The summed E-state index contributed by atoms with van der Waals surface area (Å²) in [5, 5.41) is 12.1. The summed E-state index contributed by atoms with van der Waals surface area (Å²) in [6.07, 6.45) is -4.98. The average Bonchev–Trinajstić information content (AvgIpc) is 0.779. The molecule has 0 aliphatic heterocycles. The molecule has 504 valence electrons. The molecule has 0 spiro atoms. The summed E-state index contributed by atoms with van der Waals surface area (Å²) in [7, 11) is 3.19. The number of aryl methyl sites for hydroxylation is 4. The van der Waals surface area contributed by atoms with Crippen molar-refractivity contribution in [3.8, 4) is 0 Å². The van der Waals surface area contributed by atoms with Gasteiger partial charge in [0.1, 0.15) is 48.8 Å². The van der Waals surface area contributed by atoms with E-state index in [9.17, 15) is 62.6 Å². The number of ether oxygens (including phenoxy) is 8. The first kappa shape index (κ1) is 78.1. The highest BCUT2D eigenvalue weighted by Gasteiger charge is 2.35. The number of fused-ring (bicyclic) bond motifs is 2. The van der Waals surface area contributed by atoms with Crippen molar-refractivity contribution in [3.05, 3.63) is 78.6 Å². The molecule has 29 heteroatoms. The summed E-state index contributed by atoms with van der Waals surface area (Å²) in [4.78, 5) is 157. The number of likely N-dealkylation sites (N-methyl/N-ethyl adjacent to an activating group) is 2. The van der Waals surface area contributed by atoms with Gasteiger partial charge in [0.05, 0.1) is 35.2 Å². The molecule has 0 saturated heterocycles. The normalized spacial score (nSPS) is 13.1. The Morgan fingerprint density at radius 2 is 0.868 bits per heavy atom. The first-order valence-electron chi connectivity index (χ1n) is 29.1. The lowest BCUT2D eigenvalue weighted by Crippen LogP contribution is -2.44. The van der Waals surface area contributed by atoms with E-state index in [2.05, 4.69) is 15.3 Å². The van der Waals surface area contributed by atoms with Gasteiger partial charge >= 0.3 is 54.0 Å². The summed E-state index contributed by atoms with van der Waals surface area (Å²) in [5.74, 6) is -7.55. The van der Waals surface area contributed by atoms with Gasteiger partial charge in [-0.05, 0) is 116 Å². The molecular formula is C62H90N8O21. The van der Waals surface area contributed by atoms with Gasteiger partial charge < -0.3 is 73.0 Å². The second kappa shape index (κ2) is 34.8. The van der Waals surface area contributed by atoms with Crippen molar-refractivity contribution in [2.24, 2.45) is 17.6 Å². The lowest BCUT2D eigenvalue weighted by molar-refractivity contribution is -0.168. The summed E-state index contributed by atoms with van der Waals surface area (Å²) in [6, 6.07) is 6.84. The van der Waals surface area contributed by atoms with Gasteiger partial charge in [0.2, 0.25) is 5.69 Å². The Morgan fingerprint density at radius 3 is 1.20 bits per heavy atom. The third-order valence-corrected chi connectivity index (χ3v) is 13.4. The molecule has 4 N–H and O–H groups in total. The van der Waals surface area contributed by atoms with E-state index in [0.717, 1.165) is 22.3 Å². The van der Waals surface area contributed by atoms with E-state index < -0.39 is 124 Å². The van der Waals surface area contributed by atoms with Crippen LogP contribution in [0.3, 0.4) is 0 Å². The highest BCUT2D eigenvalue weighted by molar-refractivity contribution is 5.94. The first-order valence-corrected chi connectivity index (χ1v) is 29.1. The third kappa shape index (κ3) is 25.8. The molecule has 0 saturated carbocycles. The minimum absolute atomic E-state index is 0.00792. The zero-order valence-electron chi connectivity index (χ0n) is 55.8. The molecule has 0 aliphatic carbocycles. The molecular weight excluding hydrogens is 1190 g/mol. The molecule has 29 nitrogen and oxygen atoms in total. The number of nitrogens with zero attached hydrogens (tertiary/aromatic N) is 6. The fourth-order valence-corrected chi connectivity index (χ4v) is 8.42. The third-order valence-electron chi connectivity index (χ3n) is 13.4. The zero-order chi connectivity index (χ0) is 69.7. The minimum Gasteiger partial charge on any atom is -0.476 e. The van der Waals surface area contributed by atoms with Crippen LogP contribution in [0.4, 0.5) is 9.59 Å². The van der Waals surface area contributed by atoms with Crippen LogP contribution in [0.2, 0.25) is 0 Å². The predicted molar refractivity (Wildman–Crippen MR) is 331 cm³/mol. The molecule has 4 rings (SSSR count). The summed E-state index contributed by atoms with van der Waals surface area (Å²) >= 11 is 0. The Kier molecular flexibility index (Phi) is 29.9. The van der Waals surface area contributed by atoms with Gasteiger partial charge in [-0.3, -0.25) is 43.2 Å². The van der Waals surface area contributed by atoms with Crippen LogP contribution in [0.25, 0.3) is 22.1 Å². The molecule has 3 amide bonds. The highest BCUT2D eigenvalue weighted by Crippen LogP contribution is 2.25. The second-order valence-electron chi connectivity index (χ2n) is 23.7. The van der Waals surface area contributed by atoms with E-state index in [1.54, 1.807) is 65.9 Å². The van der Waals surface area contributed by atoms with E-state index in [-0.39, 0.29) is 51.0 Å². The molecule has 0 fully saturated rings. The van der Waals surface area contributed by atoms with Gasteiger partial charge in [-0.25, -0.2) is 24.4 Å². The number of benzene rings is 2. The number of carboxylic acid groups (broad SMARTS) is 1. The van der Waals surface area contributed by atoms with E-state index in [1.807, 2.05) is 48.5 Å². The van der Waals surface area contributed by atoms with Crippen molar-refractivity contribution >= 4 is 81.9 Å². The fourth-order valence-electron chi connectivity index (χ4n) is 8.42. The standard InChI is InChI=1S/C31H44N4O10.C23H28N2O9.C8H18N2O2/c1-17-13-23-24(14-18(17)2)35(15-25(43-21(5)37)19(3)26(44-22(6)38)16-42-20(4)36)29(40)27(33-23)28(39)32-11-12-34(10)30(41)45-31(7,8)9;1-11-7-17-18(8-12(11)2)25(22(29)21(24-17)23(30)31)9-19(33-15(5)27)13(3)20(34-16(6)28)10-32-14(4)26;1-8(2,3)12-7(11)10(4)6-5-9/h13-14,19,25-26H,11-12,15-16H2,1-10H3,(H,32,39);7-8,13,19-20H,9-10H2,1-6H3,(H,30,31);5-6,9H2,1-4H3/t19-,25-,26+;13-,19-,20+;/m00./s1. The van der Waals surface area contributed by atoms with Gasteiger partial charge in [-0.2, -0.15) is 0 Å². The summed E-state index contributed by atoms with van der Waals surface area (Å²) < 4.78 is 44.6.